The number of benzene rings is 2. The van der Waals surface area contributed by atoms with Gasteiger partial charge in [-0.15, -0.1) is 0 Å². The summed E-state index contributed by atoms with van der Waals surface area (Å²) in [6.45, 7) is 2.04. The van der Waals surface area contributed by atoms with Crippen molar-refractivity contribution in [3.05, 3.63) is 83.7 Å². The largest absolute Gasteiger partial charge is 0.356 e. The first kappa shape index (κ1) is 15.5. The first-order chi connectivity index (χ1) is 12.2. The van der Waals surface area contributed by atoms with E-state index in [0.29, 0.717) is 6.42 Å². The van der Waals surface area contributed by atoms with Crippen LogP contribution in [0.2, 0.25) is 0 Å². The van der Waals surface area contributed by atoms with Gasteiger partial charge < -0.3 is 10.3 Å². The first-order valence-electron chi connectivity index (χ1n) is 8.33. The molecule has 2 aromatic heterocycles. The van der Waals surface area contributed by atoms with Crippen LogP contribution < -0.4 is 5.73 Å². The summed E-state index contributed by atoms with van der Waals surface area (Å²) in [7, 11) is 0. The zero-order valence-electron chi connectivity index (χ0n) is 14.0. The molecule has 0 amide bonds. The van der Waals surface area contributed by atoms with Crippen molar-refractivity contribution in [3.63, 3.8) is 0 Å². The molecule has 0 fully saturated rings. The Morgan fingerprint density at radius 2 is 1.88 bits per heavy atom. The Labute approximate surface area is 146 Å². The number of aryl methyl sites for hydroxylation is 1. The Balaban J connectivity index is 1.76. The van der Waals surface area contributed by atoms with Crippen LogP contribution in [0.25, 0.3) is 22.2 Å². The second-order valence-corrected chi connectivity index (χ2v) is 6.25. The van der Waals surface area contributed by atoms with Gasteiger partial charge in [0.2, 0.25) is 0 Å². The van der Waals surface area contributed by atoms with E-state index >= 15 is 0 Å². The molecule has 0 unspecified atom stereocenters. The van der Waals surface area contributed by atoms with Gasteiger partial charge in [0.05, 0.1) is 0 Å². The predicted molar refractivity (Wildman–Crippen MR) is 99.1 cm³/mol. The van der Waals surface area contributed by atoms with Gasteiger partial charge in [-0.05, 0) is 42.3 Å². The fourth-order valence-electron chi connectivity index (χ4n) is 3.13. The summed E-state index contributed by atoms with van der Waals surface area (Å²) >= 11 is 0. The van der Waals surface area contributed by atoms with Crippen LogP contribution in [0.4, 0.5) is 0 Å². The van der Waals surface area contributed by atoms with Crippen molar-refractivity contribution in [1.82, 2.24) is 10.1 Å². The van der Waals surface area contributed by atoms with E-state index in [4.69, 9.17) is 10.3 Å². The molecule has 2 heterocycles. The molecule has 0 saturated carbocycles. The highest BCUT2D eigenvalue weighted by atomic mass is 16.5. The van der Waals surface area contributed by atoms with E-state index in [9.17, 15) is 0 Å². The Hall–Kier alpha value is -2.98. The lowest BCUT2D eigenvalue weighted by molar-refractivity contribution is 0.459. The maximum Gasteiger partial charge on any atom is 0.167 e. The number of aromatic nitrogens is 2. The molecule has 2 N–H and O–H groups in total. The van der Waals surface area contributed by atoms with E-state index in [2.05, 4.69) is 28.3 Å². The van der Waals surface area contributed by atoms with Crippen molar-refractivity contribution in [2.24, 2.45) is 5.73 Å². The minimum atomic E-state index is -0.164. The van der Waals surface area contributed by atoms with Crippen molar-refractivity contribution >= 4 is 11.0 Å². The van der Waals surface area contributed by atoms with Crippen molar-refractivity contribution in [1.29, 1.82) is 0 Å². The van der Waals surface area contributed by atoms with Gasteiger partial charge >= 0.3 is 0 Å². The third kappa shape index (κ3) is 3.04. The lowest BCUT2D eigenvalue weighted by Gasteiger charge is -2.15. The molecule has 0 bridgehead atoms. The van der Waals surface area contributed by atoms with Gasteiger partial charge in [-0.1, -0.05) is 41.6 Å². The summed E-state index contributed by atoms with van der Waals surface area (Å²) in [6.07, 6.45) is 2.47. The normalized spacial score (nSPS) is 12.4. The van der Waals surface area contributed by atoms with Crippen molar-refractivity contribution in [2.75, 3.05) is 0 Å². The van der Waals surface area contributed by atoms with E-state index < -0.39 is 0 Å². The molecule has 0 spiro atoms. The standard InChI is InChI=1S/C21H19N3O/c1-14-9-10-18-20(12-14)25-24-21(18)17-8-3-2-7-16(17)19(22)13-15-6-4-5-11-23-15/h2-12,19H,13,22H2,1H3/t19-/m0/s1. The van der Waals surface area contributed by atoms with Gasteiger partial charge in [-0.25, -0.2) is 0 Å². The van der Waals surface area contributed by atoms with Crippen molar-refractivity contribution < 1.29 is 4.52 Å². The quantitative estimate of drug-likeness (QED) is 0.601. The zero-order chi connectivity index (χ0) is 17.2. The van der Waals surface area contributed by atoms with Gasteiger partial charge in [-0.3, -0.25) is 4.98 Å². The summed E-state index contributed by atoms with van der Waals surface area (Å²) in [5, 5.41) is 5.31. The second-order valence-electron chi connectivity index (χ2n) is 6.25. The molecule has 1 atom stereocenters. The minimum Gasteiger partial charge on any atom is -0.356 e. The molecule has 0 aliphatic carbocycles. The topological polar surface area (TPSA) is 64.9 Å². The molecular formula is C21H19N3O. The van der Waals surface area contributed by atoms with Crippen molar-refractivity contribution in [2.45, 2.75) is 19.4 Å². The van der Waals surface area contributed by atoms with Gasteiger partial charge in [0.25, 0.3) is 0 Å². The Morgan fingerprint density at radius 3 is 2.72 bits per heavy atom. The fraction of sp³-hybridized carbons (Fsp3) is 0.143. The maximum atomic E-state index is 6.50. The molecule has 4 heteroatoms. The third-order valence-electron chi connectivity index (χ3n) is 4.40. The molecule has 4 aromatic rings. The maximum absolute atomic E-state index is 6.50. The first-order valence-corrected chi connectivity index (χ1v) is 8.33. The average Bonchev–Trinajstić information content (AvgIpc) is 3.05. The second kappa shape index (κ2) is 6.49. The van der Waals surface area contributed by atoms with Gasteiger partial charge in [-0.2, -0.15) is 0 Å². The van der Waals surface area contributed by atoms with Crippen LogP contribution in [-0.4, -0.2) is 10.1 Å². The number of fused-ring (bicyclic) bond motifs is 1. The molecule has 0 saturated heterocycles. The fourth-order valence-corrected chi connectivity index (χ4v) is 3.13. The summed E-state index contributed by atoms with van der Waals surface area (Å²) in [6, 6.07) is 20.0. The van der Waals surface area contributed by atoms with Crippen LogP contribution in [0.3, 0.4) is 0 Å². The number of nitrogens with two attached hydrogens (primary N) is 1. The monoisotopic (exact) mass is 329 g/mol. The molecule has 0 radical (unpaired) electrons. The van der Waals surface area contributed by atoms with E-state index in [-0.39, 0.29) is 6.04 Å². The number of hydrogen-bond donors (Lipinski definition) is 1. The molecule has 0 aliphatic heterocycles. The molecule has 124 valence electrons. The number of pyridine rings is 1. The Bertz CT molecular complexity index is 1010. The van der Waals surface area contributed by atoms with Crippen LogP contribution in [0, 0.1) is 6.92 Å². The van der Waals surface area contributed by atoms with Crippen LogP contribution in [0.15, 0.2) is 71.4 Å². The molecule has 25 heavy (non-hydrogen) atoms. The van der Waals surface area contributed by atoms with E-state index in [1.165, 1.54) is 0 Å². The van der Waals surface area contributed by atoms with E-state index in [0.717, 1.165) is 39.0 Å². The van der Waals surface area contributed by atoms with Crippen molar-refractivity contribution in [3.8, 4) is 11.3 Å². The number of nitrogens with zero attached hydrogens (tertiary/aromatic N) is 2. The van der Waals surface area contributed by atoms with Gasteiger partial charge in [0.15, 0.2) is 5.58 Å². The molecule has 2 aromatic carbocycles. The Morgan fingerprint density at radius 1 is 1.04 bits per heavy atom. The molecule has 4 rings (SSSR count). The Kier molecular flexibility index (Phi) is 4.04. The predicted octanol–water partition coefficient (Wildman–Crippen LogP) is 4.44. The van der Waals surface area contributed by atoms with Crippen LogP contribution in [0.5, 0.6) is 0 Å². The van der Waals surface area contributed by atoms with E-state index in [1.54, 1.807) is 6.20 Å². The minimum absolute atomic E-state index is 0.164. The SMILES string of the molecule is Cc1ccc2c(-c3ccccc3[C@@H](N)Cc3ccccn3)noc2c1. The third-order valence-corrected chi connectivity index (χ3v) is 4.40. The highest BCUT2D eigenvalue weighted by molar-refractivity contribution is 5.92. The lowest BCUT2D eigenvalue weighted by atomic mass is 9.94. The summed E-state index contributed by atoms with van der Waals surface area (Å²) < 4.78 is 5.53. The highest BCUT2D eigenvalue weighted by Crippen LogP contribution is 2.33. The van der Waals surface area contributed by atoms with Crippen LogP contribution in [-0.2, 0) is 6.42 Å². The lowest BCUT2D eigenvalue weighted by Crippen LogP contribution is -2.15. The summed E-state index contributed by atoms with van der Waals surface area (Å²) in [4.78, 5) is 4.38. The molecule has 4 nitrogen and oxygen atoms in total. The van der Waals surface area contributed by atoms with Gasteiger partial charge in [0, 0.05) is 35.3 Å². The van der Waals surface area contributed by atoms with Crippen LogP contribution in [0.1, 0.15) is 22.9 Å². The highest BCUT2D eigenvalue weighted by Gasteiger charge is 2.18. The smallest absolute Gasteiger partial charge is 0.167 e. The summed E-state index contributed by atoms with van der Waals surface area (Å²) in [5.41, 5.74) is 12.3. The average molecular weight is 329 g/mol. The molecule has 0 aliphatic rings. The van der Waals surface area contributed by atoms with Gasteiger partial charge in [0.1, 0.15) is 5.69 Å². The van der Waals surface area contributed by atoms with Crippen LogP contribution >= 0.6 is 0 Å². The number of rotatable bonds is 4. The van der Waals surface area contributed by atoms with E-state index in [1.807, 2.05) is 49.4 Å². The summed E-state index contributed by atoms with van der Waals surface area (Å²) in [5.74, 6) is 0. The number of hydrogen-bond acceptors (Lipinski definition) is 4. The zero-order valence-corrected chi connectivity index (χ0v) is 14.0. The molecular weight excluding hydrogens is 310 g/mol.